The molecule has 0 aliphatic rings. The fraction of sp³-hybridized carbons (Fsp3) is 0.250. The molecule has 0 saturated carbocycles. The van der Waals surface area contributed by atoms with Crippen molar-refractivity contribution < 1.29 is 13.2 Å². The van der Waals surface area contributed by atoms with E-state index in [9.17, 15) is 8.42 Å². The van der Waals surface area contributed by atoms with Crippen LogP contribution in [0.5, 0.6) is 5.75 Å². The first-order valence-corrected chi connectivity index (χ1v) is 8.27. The molecule has 1 aromatic carbocycles. The zero-order chi connectivity index (χ0) is 15.6. The van der Waals surface area contributed by atoms with Gasteiger partial charge in [0, 0.05) is 18.9 Å². The smallest absolute Gasteiger partial charge is 0.238 e. The van der Waals surface area contributed by atoms with Gasteiger partial charge in [-0.1, -0.05) is 23.2 Å². The summed E-state index contributed by atoms with van der Waals surface area (Å²) in [5.74, 6) is 0.900. The van der Waals surface area contributed by atoms with Crippen LogP contribution < -0.4 is 9.88 Å². The third-order valence-electron chi connectivity index (χ3n) is 2.79. The molecule has 21 heavy (non-hydrogen) atoms. The summed E-state index contributed by atoms with van der Waals surface area (Å²) < 4.78 is 30.0. The van der Waals surface area contributed by atoms with Gasteiger partial charge in [-0.25, -0.2) is 18.5 Å². The minimum absolute atomic E-state index is 0.0705. The predicted octanol–water partition coefficient (Wildman–Crippen LogP) is 2.44. The minimum atomic E-state index is -3.87. The number of hydrogen-bond donors (Lipinski definition) is 1. The van der Waals surface area contributed by atoms with E-state index in [4.69, 9.17) is 33.1 Å². The highest BCUT2D eigenvalue weighted by atomic mass is 35.5. The van der Waals surface area contributed by atoms with Crippen LogP contribution in [0.25, 0.3) is 0 Å². The number of halogens is 2. The second kappa shape index (κ2) is 6.23. The molecule has 0 atom stereocenters. The molecule has 0 spiro atoms. The maximum Gasteiger partial charge on any atom is 0.238 e. The molecular weight excluding hydrogens is 337 g/mol. The Morgan fingerprint density at radius 2 is 1.95 bits per heavy atom. The second-order valence-corrected chi connectivity index (χ2v) is 6.56. The summed E-state index contributed by atoms with van der Waals surface area (Å²) >= 11 is 12.0. The SMILES string of the molecule is CCn1ccnc1COc1c(Cl)cc(S(N)(=O)=O)cc1Cl. The van der Waals surface area contributed by atoms with Crippen LogP contribution in [0.2, 0.25) is 10.0 Å². The van der Waals surface area contributed by atoms with Crippen molar-refractivity contribution in [2.24, 2.45) is 5.14 Å². The van der Waals surface area contributed by atoms with Gasteiger partial charge in [0.1, 0.15) is 12.4 Å². The number of sulfonamides is 1. The highest BCUT2D eigenvalue weighted by molar-refractivity contribution is 7.89. The molecule has 0 radical (unpaired) electrons. The molecule has 2 N–H and O–H groups in total. The van der Waals surface area contributed by atoms with Gasteiger partial charge in [-0.05, 0) is 19.1 Å². The number of nitrogens with two attached hydrogens (primary N) is 1. The Bertz CT molecular complexity index is 736. The van der Waals surface area contributed by atoms with Gasteiger partial charge in [0.25, 0.3) is 0 Å². The average molecular weight is 350 g/mol. The number of nitrogens with zero attached hydrogens (tertiary/aromatic N) is 2. The third kappa shape index (κ3) is 3.68. The van der Waals surface area contributed by atoms with Gasteiger partial charge in [0.05, 0.1) is 14.9 Å². The van der Waals surface area contributed by atoms with Crippen LogP contribution in [0.3, 0.4) is 0 Å². The van der Waals surface area contributed by atoms with E-state index in [1.54, 1.807) is 6.20 Å². The van der Waals surface area contributed by atoms with E-state index < -0.39 is 10.0 Å². The first kappa shape index (κ1) is 16.1. The average Bonchev–Trinajstić information content (AvgIpc) is 2.84. The number of benzene rings is 1. The fourth-order valence-electron chi connectivity index (χ4n) is 1.74. The second-order valence-electron chi connectivity index (χ2n) is 4.18. The number of aryl methyl sites for hydroxylation is 1. The highest BCUT2D eigenvalue weighted by Crippen LogP contribution is 2.35. The molecule has 0 fully saturated rings. The monoisotopic (exact) mass is 349 g/mol. The van der Waals surface area contributed by atoms with E-state index >= 15 is 0 Å². The first-order chi connectivity index (χ1) is 9.82. The Balaban J connectivity index is 2.25. The summed E-state index contributed by atoms with van der Waals surface area (Å²) in [6, 6.07) is 2.40. The normalized spacial score (nSPS) is 11.6. The van der Waals surface area contributed by atoms with E-state index in [1.807, 2.05) is 17.7 Å². The number of rotatable bonds is 5. The lowest BCUT2D eigenvalue weighted by Gasteiger charge is -2.11. The summed E-state index contributed by atoms with van der Waals surface area (Å²) in [5, 5.41) is 5.18. The van der Waals surface area contributed by atoms with E-state index in [1.165, 1.54) is 12.1 Å². The minimum Gasteiger partial charge on any atom is -0.483 e. The van der Waals surface area contributed by atoms with Crippen molar-refractivity contribution in [3.8, 4) is 5.75 Å². The van der Waals surface area contributed by atoms with Crippen molar-refractivity contribution >= 4 is 33.2 Å². The quantitative estimate of drug-likeness (QED) is 0.897. The highest BCUT2D eigenvalue weighted by Gasteiger charge is 2.16. The van der Waals surface area contributed by atoms with Gasteiger partial charge in [-0.2, -0.15) is 0 Å². The van der Waals surface area contributed by atoms with Gasteiger partial charge in [0.2, 0.25) is 10.0 Å². The number of imidazole rings is 1. The Labute approximate surface area is 132 Å². The molecule has 0 aliphatic carbocycles. The van der Waals surface area contributed by atoms with E-state index in [-0.39, 0.29) is 27.3 Å². The molecule has 0 unspecified atom stereocenters. The summed E-state index contributed by atoms with van der Waals surface area (Å²) in [4.78, 5) is 3.99. The molecule has 2 aromatic rings. The van der Waals surface area contributed by atoms with Crippen molar-refractivity contribution in [2.75, 3.05) is 0 Å². The maximum atomic E-state index is 11.3. The summed E-state index contributed by atoms with van der Waals surface area (Å²) in [5.41, 5.74) is 0. The molecule has 0 saturated heterocycles. The van der Waals surface area contributed by atoms with E-state index in [0.29, 0.717) is 5.82 Å². The van der Waals surface area contributed by atoms with Crippen LogP contribution in [0, 0.1) is 0 Å². The number of primary sulfonamides is 1. The molecule has 1 heterocycles. The predicted molar refractivity (Wildman–Crippen MR) is 80.1 cm³/mol. The molecule has 0 aliphatic heterocycles. The van der Waals surface area contributed by atoms with Crippen LogP contribution in [0.1, 0.15) is 12.7 Å². The zero-order valence-electron chi connectivity index (χ0n) is 11.1. The molecule has 6 nitrogen and oxygen atoms in total. The van der Waals surface area contributed by atoms with Gasteiger partial charge in [-0.15, -0.1) is 0 Å². The molecule has 2 rings (SSSR count). The van der Waals surface area contributed by atoms with Crippen molar-refractivity contribution in [1.82, 2.24) is 9.55 Å². The maximum absolute atomic E-state index is 11.3. The standard InChI is InChI=1S/C12H13Cl2N3O3S/c1-2-17-4-3-16-11(17)7-20-12-9(13)5-8(6-10(12)14)21(15,18)19/h3-6H,2,7H2,1H3,(H2,15,18,19). The number of hydrogen-bond acceptors (Lipinski definition) is 4. The lowest BCUT2D eigenvalue weighted by Crippen LogP contribution is -2.12. The van der Waals surface area contributed by atoms with Crippen LogP contribution in [-0.2, 0) is 23.2 Å². The van der Waals surface area contributed by atoms with Crippen LogP contribution in [0.15, 0.2) is 29.4 Å². The van der Waals surface area contributed by atoms with Crippen molar-refractivity contribution in [3.05, 3.63) is 40.4 Å². The van der Waals surface area contributed by atoms with Crippen LogP contribution in [-0.4, -0.2) is 18.0 Å². The lowest BCUT2D eigenvalue weighted by atomic mass is 10.3. The summed E-state index contributed by atoms with van der Waals surface area (Å²) in [6.45, 7) is 2.89. The summed E-state index contributed by atoms with van der Waals surface area (Å²) in [7, 11) is -3.87. The van der Waals surface area contributed by atoms with Crippen LogP contribution >= 0.6 is 23.2 Å². The number of aromatic nitrogens is 2. The first-order valence-electron chi connectivity index (χ1n) is 5.97. The molecular formula is C12H13Cl2N3O3S. The van der Waals surface area contributed by atoms with Crippen molar-refractivity contribution in [1.29, 1.82) is 0 Å². The molecule has 9 heteroatoms. The largest absolute Gasteiger partial charge is 0.483 e. The molecule has 0 amide bonds. The van der Waals surface area contributed by atoms with Gasteiger partial charge >= 0.3 is 0 Å². The summed E-state index contributed by atoms with van der Waals surface area (Å²) in [6.07, 6.45) is 3.49. The van der Waals surface area contributed by atoms with Gasteiger partial charge in [-0.3, -0.25) is 0 Å². The number of ether oxygens (including phenoxy) is 1. The van der Waals surface area contributed by atoms with Crippen molar-refractivity contribution in [2.45, 2.75) is 25.0 Å². The topological polar surface area (TPSA) is 87.2 Å². The fourth-order valence-corrected chi connectivity index (χ4v) is 3.03. The Morgan fingerprint density at radius 3 is 2.48 bits per heavy atom. The molecule has 0 bridgehead atoms. The van der Waals surface area contributed by atoms with Crippen LogP contribution in [0.4, 0.5) is 0 Å². The van der Waals surface area contributed by atoms with E-state index in [0.717, 1.165) is 6.54 Å². The third-order valence-corrected chi connectivity index (χ3v) is 4.24. The Hall–Kier alpha value is -1.28. The molecule has 1 aromatic heterocycles. The Kier molecular flexibility index (Phi) is 4.77. The van der Waals surface area contributed by atoms with Crippen molar-refractivity contribution in [3.63, 3.8) is 0 Å². The Morgan fingerprint density at radius 1 is 1.33 bits per heavy atom. The lowest BCUT2D eigenvalue weighted by molar-refractivity contribution is 0.290. The zero-order valence-corrected chi connectivity index (χ0v) is 13.4. The molecule has 114 valence electrons. The van der Waals surface area contributed by atoms with E-state index in [2.05, 4.69) is 4.98 Å². The van der Waals surface area contributed by atoms with Gasteiger partial charge < -0.3 is 9.30 Å². The van der Waals surface area contributed by atoms with Gasteiger partial charge in [0.15, 0.2) is 5.75 Å².